The van der Waals surface area contributed by atoms with Crippen LogP contribution in [-0.4, -0.2) is 35.5 Å². The van der Waals surface area contributed by atoms with Crippen LogP contribution in [0.5, 0.6) is 0 Å². The Bertz CT molecular complexity index is 342. The molecule has 0 amide bonds. The van der Waals surface area contributed by atoms with Crippen LogP contribution in [0.25, 0.3) is 0 Å². The summed E-state index contributed by atoms with van der Waals surface area (Å²) >= 11 is 0. The molecule has 2 rings (SSSR count). The first-order chi connectivity index (χ1) is 8.28. The lowest BCUT2D eigenvalue weighted by Gasteiger charge is -2.27. The summed E-state index contributed by atoms with van der Waals surface area (Å²) in [4.78, 5) is 0. The summed E-state index contributed by atoms with van der Waals surface area (Å²) in [5, 5.41) is 14.3. The number of nitrogens with one attached hydrogen (secondary N) is 2. The molecule has 0 saturated carbocycles. The van der Waals surface area contributed by atoms with Gasteiger partial charge in [-0.1, -0.05) is 12.0 Å². The van der Waals surface area contributed by atoms with Crippen LogP contribution in [0.2, 0.25) is 0 Å². The molecule has 1 aliphatic rings. The normalized spacial score (nSPS) is 24.8. The zero-order chi connectivity index (χ0) is 12.1. The van der Waals surface area contributed by atoms with E-state index in [4.69, 9.17) is 9.15 Å². The largest absolute Gasteiger partial charge is 0.407 e. The molecule has 1 aromatic heterocycles. The summed E-state index contributed by atoms with van der Waals surface area (Å²) in [7, 11) is 0. The third-order valence-electron chi connectivity index (χ3n) is 2.81. The van der Waals surface area contributed by atoms with E-state index in [0.717, 1.165) is 26.0 Å². The Balaban J connectivity index is 1.83. The summed E-state index contributed by atoms with van der Waals surface area (Å²) in [6, 6.07) is 0.878. The zero-order valence-electron chi connectivity index (χ0n) is 10.4. The van der Waals surface area contributed by atoms with Crippen LogP contribution in [0.4, 0.5) is 6.01 Å². The van der Waals surface area contributed by atoms with Crippen LogP contribution >= 0.6 is 0 Å². The fourth-order valence-corrected chi connectivity index (χ4v) is 1.92. The number of aromatic nitrogens is 2. The molecule has 0 aromatic carbocycles. The minimum absolute atomic E-state index is 0.297. The predicted octanol–water partition coefficient (Wildman–Crippen LogP) is 1.16. The van der Waals surface area contributed by atoms with Crippen LogP contribution in [0, 0.1) is 0 Å². The van der Waals surface area contributed by atoms with Crippen LogP contribution < -0.4 is 10.6 Å². The van der Waals surface area contributed by atoms with Crippen molar-refractivity contribution in [2.75, 3.05) is 18.5 Å². The van der Waals surface area contributed by atoms with Gasteiger partial charge in [-0.25, -0.2) is 0 Å². The van der Waals surface area contributed by atoms with Gasteiger partial charge < -0.3 is 19.8 Å². The summed E-state index contributed by atoms with van der Waals surface area (Å²) in [6.07, 6.45) is 2.26. The molecule has 0 radical (unpaired) electrons. The Hall–Kier alpha value is -1.14. The lowest BCUT2D eigenvalue weighted by molar-refractivity contribution is 0.0229. The van der Waals surface area contributed by atoms with Gasteiger partial charge in [-0.15, -0.1) is 5.10 Å². The Morgan fingerprint density at radius 1 is 1.41 bits per heavy atom. The molecular weight excluding hydrogens is 220 g/mol. The number of anilines is 1. The minimum atomic E-state index is 0.297. The second kappa shape index (κ2) is 5.97. The van der Waals surface area contributed by atoms with Crippen molar-refractivity contribution >= 4 is 6.01 Å². The standard InChI is InChI=1S/C11H20N4O2/c1-3-12-7-10-14-15-11(17-10)13-9-4-5-16-8(2)6-9/h8-9,12H,3-7H2,1-2H3,(H,13,15). The smallest absolute Gasteiger partial charge is 0.315 e. The molecule has 1 aliphatic heterocycles. The van der Waals surface area contributed by atoms with Crippen molar-refractivity contribution in [2.24, 2.45) is 0 Å². The van der Waals surface area contributed by atoms with Gasteiger partial charge in [0.1, 0.15) is 0 Å². The average Bonchev–Trinajstić information content (AvgIpc) is 2.74. The lowest BCUT2D eigenvalue weighted by atomic mass is 10.1. The third-order valence-corrected chi connectivity index (χ3v) is 2.81. The van der Waals surface area contributed by atoms with Gasteiger partial charge in [0.25, 0.3) is 0 Å². The Morgan fingerprint density at radius 3 is 3.06 bits per heavy atom. The second-order valence-electron chi connectivity index (χ2n) is 4.33. The van der Waals surface area contributed by atoms with Crippen molar-refractivity contribution in [3.8, 4) is 0 Å². The van der Waals surface area contributed by atoms with Crippen molar-refractivity contribution < 1.29 is 9.15 Å². The summed E-state index contributed by atoms with van der Waals surface area (Å²) in [5.41, 5.74) is 0. The third kappa shape index (κ3) is 3.67. The number of rotatable bonds is 5. The number of ether oxygens (including phenoxy) is 1. The van der Waals surface area contributed by atoms with Crippen molar-refractivity contribution in [3.63, 3.8) is 0 Å². The molecule has 1 fully saturated rings. The van der Waals surface area contributed by atoms with E-state index in [1.807, 2.05) is 6.92 Å². The molecule has 2 N–H and O–H groups in total. The first-order valence-corrected chi connectivity index (χ1v) is 6.19. The fourth-order valence-electron chi connectivity index (χ4n) is 1.92. The maximum atomic E-state index is 5.49. The first kappa shape index (κ1) is 12.3. The maximum Gasteiger partial charge on any atom is 0.315 e. The van der Waals surface area contributed by atoms with Gasteiger partial charge in [-0.2, -0.15) is 0 Å². The summed E-state index contributed by atoms with van der Waals surface area (Å²) < 4.78 is 11.0. The minimum Gasteiger partial charge on any atom is -0.407 e. The Kier molecular flexibility index (Phi) is 4.33. The highest BCUT2D eigenvalue weighted by molar-refractivity contribution is 5.19. The molecule has 6 heteroatoms. The van der Waals surface area contributed by atoms with Crippen molar-refractivity contribution in [1.29, 1.82) is 0 Å². The topological polar surface area (TPSA) is 72.2 Å². The molecule has 17 heavy (non-hydrogen) atoms. The molecule has 0 aliphatic carbocycles. The maximum absolute atomic E-state index is 5.49. The van der Waals surface area contributed by atoms with E-state index in [-0.39, 0.29) is 0 Å². The first-order valence-electron chi connectivity index (χ1n) is 6.19. The zero-order valence-corrected chi connectivity index (χ0v) is 10.4. The van der Waals surface area contributed by atoms with Crippen molar-refractivity contribution in [2.45, 2.75) is 45.4 Å². The second-order valence-corrected chi connectivity index (χ2v) is 4.33. The molecule has 2 unspecified atom stereocenters. The van der Waals surface area contributed by atoms with Gasteiger partial charge in [0.15, 0.2) is 0 Å². The van der Waals surface area contributed by atoms with Crippen molar-refractivity contribution in [3.05, 3.63) is 5.89 Å². The lowest BCUT2D eigenvalue weighted by Crippen LogP contribution is -2.32. The molecule has 0 spiro atoms. The highest BCUT2D eigenvalue weighted by atomic mass is 16.5. The molecule has 1 aromatic rings. The van der Waals surface area contributed by atoms with E-state index in [9.17, 15) is 0 Å². The van der Waals surface area contributed by atoms with Crippen LogP contribution in [0.15, 0.2) is 4.42 Å². The van der Waals surface area contributed by atoms with Gasteiger partial charge >= 0.3 is 6.01 Å². The predicted molar refractivity (Wildman–Crippen MR) is 63.7 cm³/mol. The van der Waals surface area contributed by atoms with E-state index >= 15 is 0 Å². The Labute approximate surface area is 101 Å². The SMILES string of the molecule is CCNCc1nnc(NC2CCOC(C)C2)o1. The molecule has 0 bridgehead atoms. The fraction of sp³-hybridized carbons (Fsp3) is 0.818. The van der Waals surface area contributed by atoms with E-state index in [0.29, 0.717) is 30.6 Å². The molecule has 2 heterocycles. The molecule has 2 atom stereocenters. The van der Waals surface area contributed by atoms with E-state index in [2.05, 4.69) is 27.8 Å². The van der Waals surface area contributed by atoms with Crippen molar-refractivity contribution in [1.82, 2.24) is 15.5 Å². The molecular formula is C11H20N4O2. The van der Waals surface area contributed by atoms with E-state index in [1.54, 1.807) is 0 Å². The summed E-state index contributed by atoms with van der Waals surface area (Å²) in [6.45, 7) is 6.42. The van der Waals surface area contributed by atoms with Gasteiger partial charge in [0.2, 0.25) is 5.89 Å². The summed E-state index contributed by atoms with van der Waals surface area (Å²) in [5.74, 6) is 0.620. The van der Waals surface area contributed by atoms with Gasteiger partial charge in [-0.05, 0) is 26.3 Å². The van der Waals surface area contributed by atoms with Gasteiger partial charge in [0, 0.05) is 12.6 Å². The average molecular weight is 240 g/mol. The number of hydrogen-bond donors (Lipinski definition) is 2. The Morgan fingerprint density at radius 2 is 2.29 bits per heavy atom. The highest BCUT2D eigenvalue weighted by Gasteiger charge is 2.20. The highest BCUT2D eigenvalue weighted by Crippen LogP contribution is 2.17. The van der Waals surface area contributed by atoms with Crippen LogP contribution in [0.3, 0.4) is 0 Å². The molecule has 96 valence electrons. The van der Waals surface area contributed by atoms with E-state index in [1.165, 1.54) is 0 Å². The van der Waals surface area contributed by atoms with E-state index < -0.39 is 0 Å². The number of nitrogens with zero attached hydrogens (tertiary/aromatic N) is 2. The molecule has 6 nitrogen and oxygen atoms in total. The molecule has 1 saturated heterocycles. The van der Waals surface area contributed by atoms with Gasteiger partial charge in [0.05, 0.1) is 12.6 Å². The quantitative estimate of drug-likeness (QED) is 0.804. The van der Waals surface area contributed by atoms with Crippen LogP contribution in [0.1, 0.15) is 32.6 Å². The van der Waals surface area contributed by atoms with Crippen LogP contribution in [-0.2, 0) is 11.3 Å². The van der Waals surface area contributed by atoms with Gasteiger partial charge in [-0.3, -0.25) is 0 Å². The monoisotopic (exact) mass is 240 g/mol. The number of hydrogen-bond acceptors (Lipinski definition) is 6.